The van der Waals surface area contributed by atoms with E-state index < -0.39 is 0 Å². The zero-order valence-electron chi connectivity index (χ0n) is 8.47. The van der Waals surface area contributed by atoms with Crippen molar-refractivity contribution >= 4 is 23.1 Å². The van der Waals surface area contributed by atoms with Crippen LogP contribution >= 0.6 is 23.1 Å². The molecule has 3 nitrogen and oxygen atoms in total. The van der Waals surface area contributed by atoms with Gasteiger partial charge in [-0.15, -0.1) is 11.3 Å². The normalized spacial score (nSPS) is 9.81. The fourth-order valence-electron chi connectivity index (χ4n) is 1.09. The van der Waals surface area contributed by atoms with Gasteiger partial charge in [0.05, 0.1) is 12.7 Å². The van der Waals surface area contributed by atoms with E-state index in [2.05, 4.69) is 22.9 Å². The lowest BCUT2D eigenvalue weighted by molar-refractivity contribution is 0.454. The first-order valence-corrected chi connectivity index (χ1v) is 6.53. The van der Waals surface area contributed by atoms with E-state index in [4.69, 9.17) is 10.2 Å². The minimum atomic E-state index is 0.399. The molecule has 0 aliphatic rings. The highest BCUT2D eigenvalue weighted by molar-refractivity contribution is 7.98. The Morgan fingerprint density at radius 3 is 3.25 bits per heavy atom. The lowest BCUT2D eigenvalue weighted by Gasteiger charge is -1.91. The Balaban J connectivity index is 1.93. The third-order valence-corrected chi connectivity index (χ3v) is 3.76. The van der Waals surface area contributed by atoms with Crippen LogP contribution in [0.5, 0.6) is 0 Å². The second-order valence-electron chi connectivity index (χ2n) is 2.89. The van der Waals surface area contributed by atoms with Crippen molar-refractivity contribution in [2.75, 3.05) is 6.54 Å². The van der Waals surface area contributed by atoms with Crippen molar-refractivity contribution in [1.29, 1.82) is 0 Å². The van der Waals surface area contributed by atoms with E-state index in [1.807, 2.05) is 5.38 Å². The first-order chi connectivity index (χ1) is 7.88. The summed E-state index contributed by atoms with van der Waals surface area (Å²) in [7, 11) is 0. The number of oxazole rings is 1. The average molecular weight is 250 g/mol. The summed E-state index contributed by atoms with van der Waals surface area (Å²) in [6, 6.07) is 2.07. The molecule has 16 heavy (non-hydrogen) atoms. The smallest absolute Gasteiger partial charge is 0.255 e. The fraction of sp³-hybridized carbons (Fsp3) is 0.182. The Kier molecular flexibility index (Phi) is 4.05. The first-order valence-electron chi connectivity index (χ1n) is 4.67. The molecule has 0 spiro atoms. The number of rotatable bonds is 3. The van der Waals surface area contributed by atoms with Crippen molar-refractivity contribution in [2.24, 2.45) is 5.73 Å². The van der Waals surface area contributed by atoms with Gasteiger partial charge in [-0.05, 0) is 6.07 Å². The molecule has 0 aliphatic carbocycles. The van der Waals surface area contributed by atoms with Crippen LogP contribution in [0, 0.1) is 11.8 Å². The third kappa shape index (κ3) is 3.14. The molecule has 5 heteroatoms. The second-order valence-corrected chi connectivity index (χ2v) is 4.82. The molecule has 2 aromatic heterocycles. The van der Waals surface area contributed by atoms with Gasteiger partial charge in [-0.25, -0.2) is 4.98 Å². The SMILES string of the molecule is NCC#Cc1csc(CSc2ncco2)c1. The zero-order valence-corrected chi connectivity index (χ0v) is 10.1. The van der Waals surface area contributed by atoms with Gasteiger partial charge in [0.2, 0.25) is 0 Å². The predicted molar refractivity (Wildman–Crippen MR) is 66.3 cm³/mol. The van der Waals surface area contributed by atoms with Crippen molar-refractivity contribution in [1.82, 2.24) is 4.98 Å². The van der Waals surface area contributed by atoms with E-state index in [1.165, 1.54) is 4.88 Å². The molecule has 0 fully saturated rings. The van der Waals surface area contributed by atoms with Gasteiger partial charge in [-0.1, -0.05) is 23.6 Å². The molecule has 0 aliphatic heterocycles. The minimum absolute atomic E-state index is 0.399. The van der Waals surface area contributed by atoms with Crippen molar-refractivity contribution in [3.8, 4) is 11.8 Å². The first kappa shape index (κ1) is 11.3. The van der Waals surface area contributed by atoms with Gasteiger partial charge in [0, 0.05) is 21.6 Å². The number of thiophene rings is 1. The van der Waals surface area contributed by atoms with Crippen LogP contribution in [0.3, 0.4) is 0 Å². The van der Waals surface area contributed by atoms with Gasteiger partial charge >= 0.3 is 0 Å². The number of hydrogen-bond acceptors (Lipinski definition) is 5. The topological polar surface area (TPSA) is 52.0 Å². The highest BCUT2D eigenvalue weighted by Crippen LogP contribution is 2.24. The Morgan fingerprint density at radius 1 is 1.56 bits per heavy atom. The van der Waals surface area contributed by atoms with Gasteiger partial charge in [-0.3, -0.25) is 0 Å². The van der Waals surface area contributed by atoms with Crippen LogP contribution in [0.2, 0.25) is 0 Å². The van der Waals surface area contributed by atoms with Crippen molar-refractivity contribution < 1.29 is 4.42 Å². The summed E-state index contributed by atoms with van der Waals surface area (Å²) >= 11 is 3.27. The summed E-state index contributed by atoms with van der Waals surface area (Å²) in [5.41, 5.74) is 6.34. The molecular weight excluding hydrogens is 240 g/mol. The Morgan fingerprint density at radius 2 is 2.50 bits per heavy atom. The van der Waals surface area contributed by atoms with Crippen LogP contribution in [0.4, 0.5) is 0 Å². The van der Waals surface area contributed by atoms with Crippen molar-refractivity contribution in [3.63, 3.8) is 0 Å². The summed E-state index contributed by atoms with van der Waals surface area (Å²) in [5.74, 6) is 6.70. The summed E-state index contributed by atoms with van der Waals surface area (Å²) in [5, 5.41) is 2.73. The number of aromatic nitrogens is 1. The van der Waals surface area contributed by atoms with Gasteiger partial charge in [0.15, 0.2) is 0 Å². The van der Waals surface area contributed by atoms with Gasteiger partial charge < -0.3 is 10.2 Å². The van der Waals surface area contributed by atoms with Crippen LogP contribution in [0.25, 0.3) is 0 Å². The van der Waals surface area contributed by atoms with Crippen LogP contribution < -0.4 is 5.73 Å². The number of hydrogen-bond donors (Lipinski definition) is 1. The molecule has 0 saturated carbocycles. The number of nitrogens with two attached hydrogens (primary N) is 1. The van der Waals surface area contributed by atoms with Crippen molar-refractivity contribution in [2.45, 2.75) is 11.0 Å². The molecular formula is C11H10N2OS2. The summed E-state index contributed by atoms with van der Waals surface area (Å²) in [6.45, 7) is 0.399. The second kappa shape index (κ2) is 5.75. The highest BCUT2D eigenvalue weighted by Gasteiger charge is 2.02. The van der Waals surface area contributed by atoms with Gasteiger partial charge in [-0.2, -0.15) is 0 Å². The summed E-state index contributed by atoms with van der Waals surface area (Å²) in [4.78, 5) is 5.30. The Labute approximate surface area is 102 Å². The van der Waals surface area contributed by atoms with E-state index in [1.54, 1.807) is 35.6 Å². The van der Waals surface area contributed by atoms with E-state index in [-0.39, 0.29) is 0 Å². The molecule has 2 N–H and O–H groups in total. The summed E-state index contributed by atoms with van der Waals surface area (Å²) in [6.07, 6.45) is 3.23. The zero-order chi connectivity index (χ0) is 11.2. The molecule has 0 radical (unpaired) electrons. The fourth-order valence-corrected chi connectivity index (χ4v) is 2.75. The molecule has 0 aromatic carbocycles. The predicted octanol–water partition coefficient (Wildman–Crippen LogP) is 2.34. The van der Waals surface area contributed by atoms with Crippen molar-refractivity contribution in [3.05, 3.63) is 34.3 Å². The van der Waals surface area contributed by atoms with Crippen LogP contribution in [0.15, 0.2) is 33.5 Å². The molecule has 2 heterocycles. The summed E-state index contributed by atoms with van der Waals surface area (Å²) < 4.78 is 5.14. The number of thioether (sulfide) groups is 1. The van der Waals surface area contributed by atoms with Crippen LogP contribution in [-0.4, -0.2) is 11.5 Å². The number of nitrogens with zero attached hydrogens (tertiary/aromatic N) is 1. The molecule has 0 atom stereocenters. The van der Waals surface area contributed by atoms with E-state index in [0.717, 1.165) is 11.3 Å². The largest absolute Gasteiger partial charge is 0.440 e. The Bertz CT molecular complexity index is 494. The average Bonchev–Trinajstić information content (AvgIpc) is 2.95. The molecule has 0 unspecified atom stereocenters. The molecule has 82 valence electrons. The Hall–Kier alpha value is -1.22. The molecule has 2 aromatic rings. The van der Waals surface area contributed by atoms with Crippen LogP contribution in [0.1, 0.15) is 10.4 Å². The maximum atomic E-state index is 5.31. The monoisotopic (exact) mass is 250 g/mol. The molecule has 0 saturated heterocycles. The highest BCUT2D eigenvalue weighted by atomic mass is 32.2. The lowest BCUT2D eigenvalue weighted by atomic mass is 10.3. The third-order valence-electron chi connectivity index (χ3n) is 1.74. The van der Waals surface area contributed by atoms with E-state index in [9.17, 15) is 0 Å². The van der Waals surface area contributed by atoms with Crippen LogP contribution in [-0.2, 0) is 5.75 Å². The standard InChI is InChI=1S/C11H10N2OS2/c12-3-1-2-9-6-10(15-7-9)8-16-11-13-4-5-14-11/h4-7H,3,8,12H2. The molecule has 0 bridgehead atoms. The van der Waals surface area contributed by atoms with Gasteiger partial charge in [0.1, 0.15) is 6.26 Å². The maximum absolute atomic E-state index is 5.31. The quantitative estimate of drug-likeness (QED) is 0.671. The maximum Gasteiger partial charge on any atom is 0.255 e. The molecule has 0 amide bonds. The minimum Gasteiger partial charge on any atom is -0.440 e. The van der Waals surface area contributed by atoms with Gasteiger partial charge in [0.25, 0.3) is 5.22 Å². The lowest BCUT2D eigenvalue weighted by Crippen LogP contribution is -1.92. The molecule has 2 rings (SSSR count). The van der Waals surface area contributed by atoms with E-state index >= 15 is 0 Å². The van der Waals surface area contributed by atoms with E-state index in [0.29, 0.717) is 11.8 Å².